The molecule has 0 radical (unpaired) electrons. The van der Waals surface area contributed by atoms with E-state index in [2.05, 4.69) is 20.3 Å². The Labute approximate surface area is 203 Å². The summed E-state index contributed by atoms with van der Waals surface area (Å²) in [4.78, 5) is 9.31. The molecule has 0 unspecified atom stereocenters. The summed E-state index contributed by atoms with van der Waals surface area (Å²) in [6, 6.07) is 9.17. The maximum absolute atomic E-state index is 12.2. The van der Waals surface area contributed by atoms with Crippen LogP contribution in [0.1, 0.15) is 23.7 Å². The SMILES string of the molecule is CCNC(=NCc1ccc(COCC(F)(F)F)cc1)N1CCN(Cc2ccon2)CC1.I. The van der Waals surface area contributed by atoms with Crippen molar-refractivity contribution in [3.63, 3.8) is 0 Å². The summed E-state index contributed by atoms with van der Waals surface area (Å²) in [6.45, 7) is 6.30. The summed E-state index contributed by atoms with van der Waals surface area (Å²) < 4.78 is 46.1. The van der Waals surface area contributed by atoms with E-state index in [1.54, 1.807) is 18.4 Å². The molecule has 2 heterocycles. The zero-order valence-electron chi connectivity index (χ0n) is 18.0. The normalized spacial score (nSPS) is 15.5. The Kier molecular flexibility index (Phi) is 10.7. The van der Waals surface area contributed by atoms with Crippen molar-refractivity contribution in [3.8, 4) is 0 Å². The summed E-state index contributed by atoms with van der Waals surface area (Å²) in [5, 5.41) is 7.31. The molecule has 0 spiro atoms. The lowest BCUT2D eigenvalue weighted by Gasteiger charge is -2.36. The van der Waals surface area contributed by atoms with Crippen LogP contribution in [0.3, 0.4) is 0 Å². The van der Waals surface area contributed by atoms with Crippen LogP contribution >= 0.6 is 24.0 Å². The maximum Gasteiger partial charge on any atom is 0.411 e. The highest BCUT2D eigenvalue weighted by molar-refractivity contribution is 14.0. The second-order valence-electron chi connectivity index (χ2n) is 7.35. The van der Waals surface area contributed by atoms with Crippen molar-refractivity contribution in [2.24, 2.45) is 4.99 Å². The fourth-order valence-corrected chi connectivity index (χ4v) is 3.28. The van der Waals surface area contributed by atoms with Gasteiger partial charge in [-0.25, -0.2) is 4.99 Å². The van der Waals surface area contributed by atoms with Crippen LogP contribution in [0.5, 0.6) is 0 Å². The minimum absolute atomic E-state index is 0. The van der Waals surface area contributed by atoms with E-state index >= 15 is 0 Å². The van der Waals surface area contributed by atoms with Gasteiger partial charge in [0.25, 0.3) is 0 Å². The van der Waals surface area contributed by atoms with Crippen molar-refractivity contribution in [3.05, 3.63) is 53.4 Å². The first-order valence-electron chi connectivity index (χ1n) is 10.3. The molecule has 1 aliphatic heterocycles. The lowest BCUT2D eigenvalue weighted by Crippen LogP contribution is -2.52. The molecule has 1 N–H and O–H groups in total. The van der Waals surface area contributed by atoms with Crippen molar-refractivity contribution in [1.82, 2.24) is 20.3 Å². The lowest BCUT2D eigenvalue weighted by molar-refractivity contribution is -0.176. The monoisotopic (exact) mass is 567 g/mol. The number of hydrogen-bond acceptors (Lipinski definition) is 5. The van der Waals surface area contributed by atoms with E-state index in [-0.39, 0.29) is 30.6 Å². The number of guanidine groups is 1. The first-order valence-corrected chi connectivity index (χ1v) is 10.3. The molecule has 11 heteroatoms. The van der Waals surface area contributed by atoms with Crippen molar-refractivity contribution >= 4 is 29.9 Å². The van der Waals surface area contributed by atoms with Gasteiger partial charge < -0.3 is 19.5 Å². The van der Waals surface area contributed by atoms with Crippen LogP contribution < -0.4 is 5.32 Å². The molecule has 32 heavy (non-hydrogen) atoms. The number of hydrogen-bond donors (Lipinski definition) is 1. The number of aliphatic imine (C=N–C) groups is 1. The largest absolute Gasteiger partial charge is 0.411 e. The molecule has 0 saturated carbocycles. The van der Waals surface area contributed by atoms with Gasteiger partial charge >= 0.3 is 6.18 Å². The summed E-state index contributed by atoms with van der Waals surface area (Å²) >= 11 is 0. The van der Waals surface area contributed by atoms with E-state index in [0.717, 1.165) is 56.5 Å². The van der Waals surface area contributed by atoms with Crippen LogP contribution in [0.4, 0.5) is 13.2 Å². The van der Waals surface area contributed by atoms with E-state index in [1.165, 1.54) is 0 Å². The third-order valence-corrected chi connectivity index (χ3v) is 4.85. The molecule has 0 atom stereocenters. The number of halogens is 4. The number of rotatable bonds is 8. The fourth-order valence-electron chi connectivity index (χ4n) is 3.28. The Morgan fingerprint density at radius 3 is 2.41 bits per heavy atom. The molecule has 178 valence electrons. The van der Waals surface area contributed by atoms with E-state index in [0.29, 0.717) is 12.1 Å². The molecule has 1 saturated heterocycles. The van der Waals surface area contributed by atoms with Gasteiger partial charge in [0.1, 0.15) is 12.9 Å². The van der Waals surface area contributed by atoms with E-state index in [4.69, 9.17) is 14.3 Å². The Morgan fingerprint density at radius 1 is 1.12 bits per heavy atom. The summed E-state index contributed by atoms with van der Waals surface area (Å²) in [6.07, 6.45) is -2.72. The van der Waals surface area contributed by atoms with Crippen LogP contribution in [0, 0.1) is 0 Å². The van der Waals surface area contributed by atoms with Crippen molar-refractivity contribution in [2.45, 2.75) is 32.8 Å². The molecule has 0 amide bonds. The Hall–Kier alpha value is -1.86. The minimum Gasteiger partial charge on any atom is -0.367 e. The second-order valence-corrected chi connectivity index (χ2v) is 7.35. The molecule has 1 aromatic carbocycles. The molecular weight excluding hydrogens is 538 g/mol. The number of aromatic nitrogens is 1. The fraction of sp³-hybridized carbons (Fsp3) is 0.524. The van der Waals surface area contributed by atoms with Gasteiger partial charge in [-0.2, -0.15) is 13.2 Å². The number of piperazine rings is 1. The van der Waals surface area contributed by atoms with Crippen molar-refractivity contribution < 1.29 is 22.4 Å². The van der Waals surface area contributed by atoms with E-state index in [9.17, 15) is 13.2 Å². The van der Waals surface area contributed by atoms with Gasteiger partial charge in [-0.05, 0) is 18.1 Å². The third kappa shape index (κ3) is 8.94. The number of benzene rings is 1. The lowest BCUT2D eigenvalue weighted by atomic mass is 10.1. The highest BCUT2D eigenvalue weighted by Crippen LogP contribution is 2.16. The summed E-state index contributed by atoms with van der Waals surface area (Å²) in [5.41, 5.74) is 2.62. The predicted molar refractivity (Wildman–Crippen MR) is 126 cm³/mol. The third-order valence-electron chi connectivity index (χ3n) is 4.85. The molecule has 1 aliphatic rings. The highest BCUT2D eigenvalue weighted by Gasteiger charge is 2.27. The van der Waals surface area contributed by atoms with Gasteiger partial charge in [-0.1, -0.05) is 29.4 Å². The van der Waals surface area contributed by atoms with E-state index < -0.39 is 12.8 Å². The zero-order valence-corrected chi connectivity index (χ0v) is 20.3. The molecular formula is C21H29F3IN5O2. The zero-order chi connectivity index (χ0) is 22.1. The molecule has 0 bridgehead atoms. The van der Waals surface area contributed by atoms with Gasteiger partial charge in [0, 0.05) is 45.3 Å². The first-order chi connectivity index (χ1) is 14.9. The van der Waals surface area contributed by atoms with Crippen LogP contribution in [-0.4, -0.2) is 66.4 Å². The van der Waals surface area contributed by atoms with Gasteiger partial charge in [-0.15, -0.1) is 24.0 Å². The molecule has 7 nitrogen and oxygen atoms in total. The predicted octanol–water partition coefficient (Wildman–Crippen LogP) is 3.65. The highest BCUT2D eigenvalue weighted by atomic mass is 127. The van der Waals surface area contributed by atoms with Crippen LogP contribution in [0.15, 0.2) is 46.1 Å². The first kappa shape index (κ1) is 26.4. The topological polar surface area (TPSA) is 66.1 Å². The maximum atomic E-state index is 12.2. The summed E-state index contributed by atoms with van der Waals surface area (Å²) in [5.74, 6) is 0.862. The van der Waals surface area contributed by atoms with Crippen LogP contribution in [0.25, 0.3) is 0 Å². The van der Waals surface area contributed by atoms with Crippen molar-refractivity contribution in [2.75, 3.05) is 39.3 Å². The minimum atomic E-state index is -4.31. The van der Waals surface area contributed by atoms with E-state index in [1.807, 2.05) is 25.1 Å². The molecule has 3 rings (SSSR count). The molecule has 2 aromatic rings. The molecule has 1 fully saturated rings. The number of alkyl halides is 3. The Bertz CT molecular complexity index is 808. The van der Waals surface area contributed by atoms with Crippen molar-refractivity contribution in [1.29, 1.82) is 0 Å². The van der Waals surface area contributed by atoms with Gasteiger partial charge in [-0.3, -0.25) is 4.90 Å². The second kappa shape index (κ2) is 13.0. The quantitative estimate of drug-likeness (QED) is 0.299. The van der Waals surface area contributed by atoms with Crippen LogP contribution in [0.2, 0.25) is 0 Å². The number of nitrogens with one attached hydrogen (secondary N) is 1. The van der Waals surface area contributed by atoms with Gasteiger partial charge in [0.2, 0.25) is 0 Å². The van der Waals surface area contributed by atoms with Gasteiger partial charge in [0.05, 0.1) is 18.8 Å². The number of ether oxygens (including phenoxy) is 1. The average molecular weight is 567 g/mol. The molecule has 1 aromatic heterocycles. The molecule has 0 aliphatic carbocycles. The smallest absolute Gasteiger partial charge is 0.367 e. The van der Waals surface area contributed by atoms with Crippen LogP contribution in [-0.2, 0) is 24.4 Å². The number of nitrogens with zero attached hydrogens (tertiary/aromatic N) is 4. The standard InChI is InChI=1S/C21H28F3N5O2.HI/c1-2-25-20(29-10-8-28(9-11-29)14-19-7-12-31-27-19)26-13-17-3-5-18(6-4-17)15-30-16-21(22,23)24;/h3-7,12H,2,8-11,13-16H2,1H3,(H,25,26);1H. The summed E-state index contributed by atoms with van der Waals surface area (Å²) in [7, 11) is 0. The van der Waals surface area contributed by atoms with Gasteiger partial charge in [0.15, 0.2) is 5.96 Å². The average Bonchev–Trinajstić information content (AvgIpc) is 3.25. The Morgan fingerprint density at radius 2 is 1.81 bits per heavy atom. The Balaban J connectivity index is 0.00000363.